The van der Waals surface area contributed by atoms with Gasteiger partial charge in [0.05, 0.1) is 23.5 Å². The molecule has 1 aromatic carbocycles. The lowest BCUT2D eigenvalue weighted by molar-refractivity contribution is 0.103. The first-order valence-electron chi connectivity index (χ1n) is 7.26. The molecule has 25 heavy (non-hydrogen) atoms. The second kappa shape index (κ2) is 9.45. The largest absolute Gasteiger partial charge is 0.327 e. The van der Waals surface area contributed by atoms with E-state index >= 15 is 0 Å². The lowest BCUT2D eigenvalue weighted by atomic mass is 10.1. The van der Waals surface area contributed by atoms with Crippen molar-refractivity contribution in [3.8, 4) is 6.07 Å². The molecule has 132 valence electrons. The molecule has 1 aromatic heterocycles. The predicted molar refractivity (Wildman–Crippen MR) is 109 cm³/mol. The number of carbonyl (C=O) groups excluding carboxylic acids is 1. The van der Waals surface area contributed by atoms with E-state index in [1.165, 1.54) is 33.2 Å². The van der Waals surface area contributed by atoms with E-state index in [-0.39, 0.29) is 11.3 Å². The molecular formula is C16H14F2IN3OS2. The number of rotatable bonds is 8. The van der Waals surface area contributed by atoms with E-state index in [4.69, 9.17) is 5.26 Å². The van der Waals surface area contributed by atoms with Crippen LogP contribution in [0.2, 0.25) is 0 Å². The average molecular weight is 493 g/mol. The molecule has 1 heterocycles. The molecule has 0 aliphatic rings. The second-order valence-electron chi connectivity index (χ2n) is 4.92. The van der Waals surface area contributed by atoms with Crippen molar-refractivity contribution >= 4 is 64.6 Å². The zero-order valence-electron chi connectivity index (χ0n) is 13.2. The predicted octanol–water partition coefficient (Wildman–Crippen LogP) is 5.70. The molecule has 0 saturated heterocycles. The Kier molecular flexibility index (Phi) is 7.58. The Morgan fingerprint density at radius 1 is 1.48 bits per heavy atom. The number of nitrogens with one attached hydrogen (secondary N) is 1. The Labute approximate surface area is 164 Å². The van der Waals surface area contributed by atoms with Gasteiger partial charge in [-0.15, -0.1) is 0 Å². The third-order valence-electron chi connectivity index (χ3n) is 3.36. The van der Waals surface area contributed by atoms with Crippen molar-refractivity contribution in [2.24, 2.45) is 0 Å². The lowest BCUT2D eigenvalue weighted by Crippen LogP contribution is -2.06. The summed E-state index contributed by atoms with van der Waals surface area (Å²) in [6, 6.07) is 6.40. The Balaban J connectivity index is 2.44. The number of anilines is 1. The van der Waals surface area contributed by atoms with Gasteiger partial charge in [0.25, 0.3) is 0 Å². The Hall–Kier alpha value is -1.25. The van der Waals surface area contributed by atoms with E-state index in [2.05, 4.69) is 4.72 Å². The summed E-state index contributed by atoms with van der Waals surface area (Å²) in [5, 5.41) is 9.64. The second-order valence-corrected chi connectivity index (χ2v) is 7.51. The molecule has 0 saturated carbocycles. The third kappa shape index (κ3) is 4.48. The standard InChI is InChI=1S/C16H14F2IN3OS2/c1-2-10(9-20)16(23)15-7-11-6-12(18)13(21-24-5-3-4-17)8-14(11)22(15)25-19/h2,6-8,21H,3-5H2,1H3/b10-2+. The molecule has 0 aliphatic carbocycles. The van der Waals surface area contributed by atoms with Crippen LogP contribution in [0, 0.1) is 17.1 Å². The highest BCUT2D eigenvalue weighted by Gasteiger charge is 2.20. The quantitative estimate of drug-likeness (QED) is 0.128. The van der Waals surface area contributed by atoms with Crippen molar-refractivity contribution in [3.05, 3.63) is 41.4 Å². The molecule has 1 N–H and O–H groups in total. The highest BCUT2D eigenvalue weighted by molar-refractivity contribution is 14.2. The van der Waals surface area contributed by atoms with Crippen molar-refractivity contribution in [2.45, 2.75) is 13.3 Å². The number of nitriles is 1. The molecule has 9 heteroatoms. The van der Waals surface area contributed by atoms with Gasteiger partial charge in [0.15, 0.2) is 0 Å². The summed E-state index contributed by atoms with van der Waals surface area (Å²) >= 11 is 3.25. The fraction of sp³-hybridized carbons (Fsp3) is 0.250. The van der Waals surface area contributed by atoms with Gasteiger partial charge < -0.3 is 4.72 Å². The van der Waals surface area contributed by atoms with Crippen LogP contribution in [0.25, 0.3) is 10.9 Å². The summed E-state index contributed by atoms with van der Waals surface area (Å²) in [5.74, 6) is -0.342. The van der Waals surface area contributed by atoms with Gasteiger partial charge in [-0.3, -0.25) is 13.2 Å². The van der Waals surface area contributed by atoms with Crippen LogP contribution in [0.4, 0.5) is 14.5 Å². The molecule has 4 nitrogen and oxygen atoms in total. The van der Waals surface area contributed by atoms with Crippen LogP contribution in [-0.4, -0.2) is 22.2 Å². The fourth-order valence-corrected chi connectivity index (χ4v) is 4.54. The molecule has 0 atom stereocenters. The monoisotopic (exact) mass is 493 g/mol. The maximum atomic E-state index is 14.2. The normalized spacial score (nSPS) is 11.6. The molecule has 2 aromatic rings. The van der Waals surface area contributed by atoms with Gasteiger partial charge in [0.2, 0.25) is 5.78 Å². The number of allylic oxidation sites excluding steroid dienone is 2. The Bertz CT molecular complexity index is 861. The van der Waals surface area contributed by atoms with Crippen LogP contribution in [0.3, 0.4) is 0 Å². The van der Waals surface area contributed by atoms with E-state index < -0.39 is 18.3 Å². The van der Waals surface area contributed by atoms with Gasteiger partial charge in [-0.05, 0) is 31.5 Å². The highest BCUT2D eigenvalue weighted by Crippen LogP contribution is 2.33. The summed E-state index contributed by atoms with van der Waals surface area (Å²) in [6.45, 7) is 1.21. The molecule has 0 fully saturated rings. The molecule has 0 spiro atoms. The zero-order chi connectivity index (χ0) is 18.4. The topological polar surface area (TPSA) is 57.8 Å². The number of carbonyl (C=O) groups is 1. The van der Waals surface area contributed by atoms with Crippen molar-refractivity contribution in [3.63, 3.8) is 0 Å². The van der Waals surface area contributed by atoms with Gasteiger partial charge in [-0.1, -0.05) is 18.0 Å². The summed E-state index contributed by atoms with van der Waals surface area (Å²) in [5.41, 5.74) is 1.28. The number of halogens is 3. The maximum Gasteiger partial charge on any atom is 0.220 e. The molecule has 0 unspecified atom stereocenters. The van der Waals surface area contributed by atoms with Crippen LogP contribution in [0.1, 0.15) is 23.8 Å². The first-order valence-corrected chi connectivity index (χ1v) is 11.6. The number of benzene rings is 1. The van der Waals surface area contributed by atoms with Crippen molar-refractivity contribution < 1.29 is 13.6 Å². The molecule has 2 rings (SSSR count). The molecule has 0 amide bonds. The third-order valence-corrected chi connectivity index (χ3v) is 5.93. The summed E-state index contributed by atoms with van der Waals surface area (Å²) in [6.07, 6.45) is 1.84. The smallest absolute Gasteiger partial charge is 0.220 e. The number of hydrogen-bond acceptors (Lipinski definition) is 5. The van der Waals surface area contributed by atoms with E-state index in [0.29, 0.717) is 28.8 Å². The van der Waals surface area contributed by atoms with E-state index in [0.717, 1.165) is 0 Å². The fourth-order valence-electron chi connectivity index (χ4n) is 2.15. The number of nitrogens with zero attached hydrogens (tertiary/aromatic N) is 2. The Morgan fingerprint density at radius 3 is 2.84 bits per heavy atom. The summed E-state index contributed by atoms with van der Waals surface area (Å²) in [4.78, 5) is 12.5. The molecule has 0 aliphatic heterocycles. The minimum atomic E-state index is -0.457. The van der Waals surface area contributed by atoms with Crippen LogP contribution >= 0.6 is 42.3 Å². The first kappa shape index (κ1) is 20.1. The number of hydrogen-bond donors (Lipinski definition) is 1. The minimum Gasteiger partial charge on any atom is -0.327 e. The summed E-state index contributed by atoms with van der Waals surface area (Å²) < 4.78 is 30.9. The van der Waals surface area contributed by atoms with E-state index in [1.807, 2.05) is 27.3 Å². The highest BCUT2D eigenvalue weighted by atomic mass is 127. The molecular weight excluding hydrogens is 479 g/mol. The van der Waals surface area contributed by atoms with E-state index in [1.54, 1.807) is 23.0 Å². The van der Waals surface area contributed by atoms with Crippen molar-refractivity contribution in [1.29, 1.82) is 5.26 Å². The van der Waals surface area contributed by atoms with Gasteiger partial charge in [0, 0.05) is 41.5 Å². The van der Waals surface area contributed by atoms with Crippen LogP contribution in [-0.2, 0) is 0 Å². The summed E-state index contributed by atoms with van der Waals surface area (Å²) in [7, 11) is 1.27. The zero-order valence-corrected chi connectivity index (χ0v) is 17.0. The molecule has 0 radical (unpaired) electrons. The van der Waals surface area contributed by atoms with Crippen LogP contribution < -0.4 is 4.72 Å². The van der Waals surface area contributed by atoms with Gasteiger partial charge >= 0.3 is 0 Å². The van der Waals surface area contributed by atoms with Crippen LogP contribution in [0.5, 0.6) is 0 Å². The number of Topliss-reactive ketones (excluding diaryl/α,β-unsaturated/α-hetero) is 1. The number of fused-ring (bicyclic) bond motifs is 1. The van der Waals surface area contributed by atoms with E-state index in [9.17, 15) is 13.6 Å². The van der Waals surface area contributed by atoms with Gasteiger partial charge in [-0.25, -0.2) is 4.39 Å². The van der Waals surface area contributed by atoms with Crippen molar-refractivity contribution in [2.75, 3.05) is 17.1 Å². The maximum absolute atomic E-state index is 14.2. The average Bonchev–Trinajstić information content (AvgIpc) is 2.96. The lowest BCUT2D eigenvalue weighted by Gasteiger charge is -2.08. The number of alkyl halides is 1. The van der Waals surface area contributed by atoms with Crippen LogP contribution in [0.15, 0.2) is 29.8 Å². The van der Waals surface area contributed by atoms with Gasteiger partial charge in [0.1, 0.15) is 17.6 Å². The number of ketones is 1. The minimum absolute atomic E-state index is 0.0371. The van der Waals surface area contributed by atoms with Crippen molar-refractivity contribution in [1.82, 2.24) is 3.97 Å². The van der Waals surface area contributed by atoms with Gasteiger partial charge in [-0.2, -0.15) is 5.26 Å². The SMILES string of the molecule is C/C=C(\C#N)C(=O)c1cc2cc(F)c(NSCCCF)cc2n1SI. The Morgan fingerprint density at radius 2 is 2.24 bits per heavy atom. The molecule has 0 bridgehead atoms. The number of aromatic nitrogens is 1. The first-order chi connectivity index (χ1) is 12.1.